The third-order valence-electron chi connectivity index (χ3n) is 4.41. The van der Waals surface area contributed by atoms with Crippen LogP contribution in [-0.2, 0) is 17.9 Å². The van der Waals surface area contributed by atoms with Crippen LogP contribution in [0.4, 0.5) is 0 Å². The molecule has 0 aliphatic carbocycles. The minimum absolute atomic E-state index is 0.379. The summed E-state index contributed by atoms with van der Waals surface area (Å²) in [4.78, 5) is 4.73. The molecule has 26 heavy (non-hydrogen) atoms. The summed E-state index contributed by atoms with van der Waals surface area (Å²) in [7, 11) is 1.69. The topological polar surface area (TPSA) is 36.3 Å². The number of rotatable bonds is 6. The normalized spacial score (nSPS) is 11.3. The Bertz CT molecular complexity index is 1050. The zero-order valence-corrected chi connectivity index (χ0v) is 15.2. The van der Waals surface area contributed by atoms with Crippen molar-refractivity contribution in [2.45, 2.75) is 13.2 Å². The van der Waals surface area contributed by atoms with E-state index in [-0.39, 0.29) is 0 Å². The Labute approximate surface area is 156 Å². The summed E-state index contributed by atoms with van der Waals surface area (Å²) in [5.74, 6) is 1.71. The first kappa shape index (κ1) is 16.9. The van der Waals surface area contributed by atoms with Crippen molar-refractivity contribution in [3.8, 4) is 5.75 Å². The van der Waals surface area contributed by atoms with E-state index >= 15 is 0 Å². The lowest BCUT2D eigenvalue weighted by Crippen LogP contribution is -2.10. The highest BCUT2D eigenvalue weighted by Crippen LogP contribution is 2.27. The number of benzene rings is 3. The predicted octanol–water partition coefficient (Wildman–Crippen LogP) is 5.07. The minimum Gasteiger partial charge on any atom is -0.485 e. The van der Waals surface area contributed by atoms with Crippen molar-refractivity contribution in [2.24, 2.45) is 0 Å². The Balaban J connectivity index is 1.68. The molecule has 0 fully saturated rings. The van der Waals surface area contributed by atoms with Crippen LogP contribution >= 0.6 is 11.6 Å². The van der Waals surface area contributed by atoms with Gasteiger partial charge in [-0.25, -0.2) is 4.98 Å². The maximum atomic E-state index is 6.17. The highest BCUT2D eigenvalue weighted by Gasteiger charge is 2.12. The number of halogens is 1. The summed E-state index contributed by atoms with van der Waals surface area (Å²) < 4.78 is 13.5. The maximum absolute atomic E-state index is 6.17. The highest BCUT2D eigenvalue weighted by molar-refractivity contribution is 6.31. The van der Waals surface area contributed by atoms with E-state index < -0.39 is 0 Å². The van der Waals surface area contributed by atoms with E-state index in [4.69, 9.17) is 26.1 Å². The average Bonchev–Trinajstić information content (AvgIpc) is 3.01. The molecule has 0 aliphatic rings. The molecule has 3 aromatic carbocycles. The molecule has 132 valence electrons. The van der Waals surface area contributed by atoms with Crippen molar-refractivity contribution in [1.82, 2.24) is 9.55 Å². The van der Waals surface area contributed by atoms with E-state index in [1.165, 1.54) is 0 Å². The van der Waals surface area contributed by atoms with Gasteiger partial charge in [-0.2, -0.15) is 0 Å². The molecular weight excluding hydrogens is 348 g/mol. The minimum atomic E-state index is 0.379. The van der Waals surface area contributed by atoms with Crippen LogP contribution in [0.5, 0.6) is 5.75 Å². The zero-order valence-electron chi connectivity index (χ0n) is 14.5. The van der Waals surface area contributed by atoms with Gasteiger partial charge in [0.05, 0.1) is 17.6 Å². The molecule has 4 nitrogen and oxygen atoms in total. The average molecular weight is 367 g/mol. The number of imidazole rings is 1. The summed E-state index contributed by atoms with van der Waals surface area (Å²) in [6, 6.07) is 20.0. The molecule has 1 heterocycles. The van der Waals surface area contributed by atoms with Crippen molar-refractivity contribution in [2.75, 3.05) is 13.7 Å². The van der Waals surface area contributed by atoms with Gasteiger partial charge in [0, 0.05) is 24.1 Å². The van der Waals surface area contributed by atoms with E-state index in [1.807, 2.05) is 42.5 Å². The van der Waals surface area contributed by atoms with Crippen LogP contribution in [0.1, 0.15) is 5.82 Å². The number of nitrogens with zero attached hydrogens (tertiary/aromatic N) is 2. The van der Waals surface area contributed by atoms with Crippen LogP contribution in [0.2, 0.25) is 5.02 Å². The van der Waals surface area contributed by atoms with Gasteiger partial charge in [-0.15, -0.1) is 0 Å². The fourth-order valence-corrected chi connectivity index (χ4v) is 3.32. The Morgan fingerprint density at radius 3 is 2.77 bits per heavy atom. The number of fused-ring (bicyclic) bond motifs is 2. The molecule has 0 atom stereocenters. The molecule has 1 aromatic heterocycles. The largest absolute Gasteiger partial charge is 0.485 e. The van der Waals surface area contributed by atoms with Gasteiger partial charge >= 0.3 is 0 Å². The first-order valence-corrected chi connectivity index (χ1v) is 8.88. The van der Waals surface area contributed by atoms with E-state index in [0.29, 0.717) is 24.8 Å². The first-order chi connectivity index (χ1) is 12.8. The maximum Gasteiger partial charge on any atom is 0.148 e. The molecule has 0 amide bonds. The molecule has 5 heteroatoms. The lowest BCUT2D eigenvalue weighted by molar-refractivity contribution is 0.185. The van der Waals surface area contributed by atoms with Gasteiger partial charge in [-0.3, -0.25) is 0 Å². The van der Waals surface area contributed by atoms with Crippen LogP contribution in [0.15, 0.2) is 60.7 Å². The summed E-state index contributed by atoms with van der Waals surface area (Å²) in [6.07, 6.45) is 0. The molecule has 0 aliphatic heterocycles. The number of ether oxygens (including phenoxy) is 2. The molecule has 0 bridgehead atoms. The summed E-state index contributed by atoms with van der Waals surface area (Å²) >= 11 is 6.17. The second-order valence-electron chi connectivity index (χ2n) is 6.07. The molecule has 0 saturated heterocycles. The highest BCUT2D eigenvalue weighted by atomic mass is 35.5. The van der Waals surface area contributed by atoms with Gasteiger partial charge in [0.2, 0.25) is 0 Å². The van der Waals surface area contributed by atoms with Crippen LogP contribution in [-0.4, -0.2) is 23.3 Å². The fourth-order valence-electron chi connectivity index (χ4n) is 3.15. The lowest BCUT2D eigenvalue weighted by Gasteiger charge is -2.11. The van der Waals surface area contributed by atoms with E-state index in [2.05, 4.69) is 22.8 Å². The number of methoxy groups -OCH3 is 1. The standard InChI is InChI=1S/C21H19ClN2O2/c1-25-12-11-24-19-13-16(22)9-10-18(19)23-21(24)14-26-20-8-4-6-15-5-2-3-7-17(15)20/h2-10,13H,11-12,14H2,1H3. The first-order valence-electron chi connectivity index (χ1n) is 8.50. The van der Waals surface area contributed by atoms with E-state index in [1.54, 1.807) is 7.11 Å². The van der Waals surface area contributed by atoms with Crippen molar-refractivity contribution >= 4 is 33.4 Å². The summed E-state index contributed by atoms with van der Waals surface area (Å²) in [5, 5.41) is 2.94. The van der Waals surface area contributed by atoms with Gasteiger partial charge in [0.1, 0.15) is 18.2 Å². The molecule has 0 N–H and O–H groups in total. The molecular formula is C21H19ClN2O2. The number of hydrogen-bond donors (Lipinski definition) is 0. The van der Waals surface area contributed by atoms with E-state index in [9.17, 15) is 0 Å². The van der Waals surface area contributed by atoms with E-state index in [0.717, 1.165) is 33.4 Å². The SMILES string of the molecule is COCCn1c(COc2cccc3ccccc23)nc2ccc(Cl)cc21. The third-order valence-corrected chi connectivity index (χ3v) is 4.65. The summed E-state index contributed by atoms with van der Waals surface area (Å²) in [5.41, 5.74) is 1.90. The van der Waals surface area contributed by atoms with Gasteiger partial charge in [-0.05, 0) is 29.7 Å². The number of hydrogen-bond acceptors (Lipinski definition) is 3. The fraction of sp³-hybridized carbons (Fsp3) is 0.190. The Hall–Kier alpha value is -2.56. The van der Waals surface area contributed by atoms with Crippen molar-refractivity contribution in [3.63, 3.8) is 0 Å². The van der Waals surface area contributed by atoms with Gasteiger partial charge in [-0.1, -0.05) is 48.0 Å². The van der Waals surface area contributed by atoms with Crippen molar-refractivity contribution in [3.05, 3.63) is 71.5 Å². The van der Waals surface area contributed by atoms with Crippen LogP contribution in [0.3, 0.4) is 0 Å². The van der Waals surface area contributed by atoms with Crippen LogP contribution in [0, 0.1) is 0 Å². The van der Waals surface area contributed by atoms with Gasteiger partial charge in [0.15, 0.2) is 0 Å². The molecule has 0 spiro atoms. The Kier molecular flexibility index (Phi) is 4.78. The molecule has 0 saturated carbocycles. The number of aromatic nitrogens is 2. The molecule has 0 radical (unpaired) electrons. The predicted molar refractivity (Wildman–Crippen MR) is 105 cm³/mol. The van der Waals surface area contributed by atoms with Crippen molar-refractivity contribution in [1.29, 1.82) is 0 Å². The Morgan fingerprint density at radius 1 is 1.04 bits per heavy atom. The summed E-state index contributed by atoms with van der Waals surface area (Å²) in [6.45, 7) is 1.67. The van der Waals surface area contributed by atoms with Gasteiger partial charge in [0.25, 0.3) is 0 Å². The van der Waals surface area contributed by atoms with Gasteiger partial charge < -0.3 is 14.0 Å². The molecule has 4 rings (SSSR count). The zero-order chi connectivity index (χ0) is 17.9. The second-order valence-corrected chi connectivity index (χ2v) is 6.51. The Morgan fingerprint density at radius 2 is 1.88 bits per heavy atom. The molecule has 0 unspecified atom stereocenters. The van der Waals surface area contributed by atoms with Crippen molar-refractivity contribution < 1.29 is 9.47 Å². The third kappa shape index (κ3) is 3.26. The lowest BCUT2D eigenvalue weighted by atomic mass is 10.1. The monoisotopic (exact) mass is 366 g/mol. The second kappa shape index (κ2) is 7.36. The van der Waals surface area contributed by atoms with Crippen LogP contribution < -0.4 is 4.74 Å². The quantitative estimate of drug-likeness (QED) is 0.478. The smallest absolute Gasteiger partial charge is 0.148 e. The molecule has 4 aromatic rings. The van der Waals surface area contributed by atoms with Crippen LogP contribution in [0.25, 0.3) is 21.8 Å².